The largest absolute Gasteiger partial charge is 0.480 e. The van der Waals surface area contributed by atoms with E-state index in [1.165, 1.54) is 11.3 Å². The summed E-state index contributed by atoms with van der Waals surface area (Å²) in [6.45, 7) is 4.28. The quantitative estimate of drug-likeness (QED) is 0.195. The fraction of sp³-hybridized carbons (Fsp3) is 0.542. The van der Waals surface area contributed by atoms with Gasteiger partial charge in [-0.3, -0.25) is 30.1 Å². The molecule has 1 aliphatic heterocycles. The van der Waals surface area contributed by atoms with Crippen LogP contribution in [-0.2, 0) is 20.9 Å². The van der Waals surface area contributed by atoms with Crippen LogP contribution in [0.5, 0.6) is 0 Å². The second-order valence-electron chi connectivity index (χ2n) is 9.09. The van der Waals surface area contributed by atoms with E-state index in [9.17, 15) is 14.4 Å². The van der Waals surface area contributed by atoms with E-state index >= 15 is 0 Å². The summed E-state index contributed by atoms with van der Waals surface area (Å²) < 4.78 is 0. The molecular formula is C24H34N6O4. The second-order valence-corrected chi connectivity index (χ2v) is 9.09. The van der Waals surface area contributed by atoms with E-state index in [2.05, 4.69) is 22.2 Å². The van der Waals surface area contributed by atoms with Crippen LogP contribution in [-0.4, -0.2) is 63.8 Å². The number of nitrogens with one attached hydrogen (secondary N) is 3. The molecular weight excluding hydrogens is 436 g/mol. The standard InChI is InChI=1S/C24H34N6O4/c1-15-9-10-30(21(15)23(33)29-13-17-7-8-18(22(25)26)27-12-17)24(34)19(28-14-20(31)32)11-16-5-3-2-4-6-16/h7-8,12,16,19,21,28H,1-6,9-11,13-14H2,(H3,25,26)(H,29,33)(H,31,32)/t19-,21+/m1/s1. The Morgan fingerprint density at radius 1 is 1.26 bits per heavy atom. The lowest BCUT2D eigenvalue weighted by molar-refractivity contribution is -0.140. The van der Waals surface area contributed by atoms with Gasteiger partial charge in [0.1, 0.15) is 17.6 Å². The Bertz CT molecular complexity index is 926. The van der Waals surface area contributed by atoms with Crippen molar-refractivity contribution in [1.29, 1.82) is 5.41 Å². The predicted molar refractivity (Wildman–Crippen MR) is 127 cm³/mol. The van der Waals surface area contributed by atoms with Gasteiger partial charge in [0.25, 0.3) is 0 Å². The highest BCUT2D eigenvalue weighted by atomic mass is 16.4. The van der Waals surface area contributed by atoms with E-state index in [1.807, 2.05) is 0 Å². The van der Waals surface area contributed by atoms with Crippen molar-refractivity contribution in [3.05, 3.63) is 41.7 Å². The number of rotatable bonds is 10. The number of carboxylic acid groups (broad SMARTS) is 1. The number of amides is 2. The fourth-order valence-electron chi connectivity index (χ4n) is 4.73. The van der Waals surface area contributed by atoms with Crippen LogP contribution in [0.2, 0.25) is 0 Å². The van der Waals surface area contributed by atoms with E-state index in [4.69, 9.17) is 16.2 Å². The number of aromatic nitrogens is 1. The maximum absolute atomic E-state index is 13.5. The zero-order valence-electron chi connectivity index (χ0n) is 19.4. The van der Waals surface area contributed by atoms with Crippen molar-refractivity contribution in [2.24, 2.45) is 11.7 Å². The molecule has 2 fully saturated rings. The number of carboxylic acids is 1. The highest BCUT2D eigenvalue weighted by Gasteiger charge is 2.40. The number of nitrogens with zero attached hydrogens (tertiary/aromatic N) is 2. The van der Waals surface area contributed by atoms with E-state index in [1.54, 1.807) is 18.3 Å². The lowest BCUT2D eigenvalue weighted by Crippen LogP contribution is -2.53. The number of hydrogen-bond acceptors (Lipinski definition) is 6. The molecule has 10 heteroatoms. The lowest BCUT2D eigenvalue weighted by Gasteiger charge is -2.31. The number of carbonyl (C=O) groups is 3. The van der Waals surface area contributed by atoms with Gasteiger partial charge in [0, 0.05) is 19.3 Å². The molecule has 1 aliphatic carbocycles. The first-order chi connectivity index (χ1) is 16.3. The molecule has 6 N–H and O–H groups in total. The molecule has 1 aromatic rings. The molecule has 1 saturated carbocycles. The number of aliphatic carboxylic acids is 1. The second kappa shape index (κ2) is 11.7. The normalized spacial score (nSPS) is 19.6. The van der Waals surface area contributed by atoms with Gasteiger partial charge in [0.05, 0.1) is 12.6 Å². The molecule has 0 radical (unpaired) electrons. The van der Waals surface area contributed by atoms with Crippen LogP contribution in [0.4, 0.5) is 0 Å². The van der Waals surface area contributed by atoms with E-state index in [-0.39, 0.29) is 30.7 Å². The lowest BCUT2D eigenvalue weighted by atomic mass is 9.84. The Balaban J connectivity index is 1.66. The molecule has 2 aliphatic rings. The molecule has 34 heavy (non-hydrogen) atoms. The van der Waals surface area contributed by atoms with Crippen LogP contribution in [0.3, 0.4) is 0 Å². The van der Waals surface area contributed by atoms with Crippen molar-refractivity contribution >= 4 is 23.6 Å². The average molecular weight is 471 g/mol. The highest BCUT2D eigenvalue weighted by molar-refractivity contribution is 5.93. The summed E-state index contributed by atoms with van der Waals surface area (Å²) in [6.07, 6.45) is 8.14. The third-order valence-electron chi connectivity index (χ3n) is 6.56. The first-order valence-electron chi connectivity index (χ1n) is 11.8. The van der Waals surface area contributed by atoms with Gasteiger partial charge in [-0.25, -0.2) is 0 Å². The molecule has 2 atom stereocenters. The summed E-state index contributed by atoms with van der Waals surface area (Å²) >= 11 is 0. The Morgan fingerprint density at radius 3 is 2.62 bits per heavy atom. The third kappa shape index (κ3) is 6.63. The number of nitrogens with two attached hydrogens (primary N) is 1. The van der Waals surface area contributed by atoms with Crippen molar-refractivity contribution in [3.63, 3.8) is 0 Å². The molecule has 3 rings (SSSR count). The van der Waals surface area contributed by atoms with E-state index < -0.39 is 18.1 Å². The summed E-state index contributed by atoms with van der Waals surface area (Å²) in [7, 11) is 0. The van der Waals surface area contributed by atoms with Gasteiger partial charge in [-0.1, -0.05) is 44.7 Å². The van der Waals surface area contributed by atoms with Crippen molar-refractivity contribution in [2.75, 3.05) is 13.1 Å². The van der Waals surface area contributed by atoms with Crippen LogP contribution in [0.25, 0.3) is 0 Å². The number of carbonyl (C=O) groups excluding carboxylic acids is 2. The summed E-state index contributed by atoms with van der Waals surface area (Å²) in [4.78, 5) is 43.3. The Hall–Kier alpha value is -3.27. The maximum atomic E-state index is 13.5. The summed E-state index contributed by atoms with van der Waals surface area (Å²) in [5.41, 5.74) is 7.16. The number of hydrogen-bond donors (Lipinski definition) is 5. The van der Waals surface area contributed by atoms with Crippen LogP contribution >= 0.6 is 0 Å². The molecule has 1 aromatic heterocycles. The van der Waals surface area contributed by atoms with Crippen molar-refractivity contribution in [3.8, 4) is 0 Å². The first kappa shape index (κ1) is 25.4. The third-order valence-corrected chi connectivity index (χ3v) is 6.56. The van der Waals surface area contributed by atoms with Crippen LogP contribution in [0.1, 0.15) is 56.2 Å². The minimum Gasteiger partial charge on any atom is -0.480 e. The fourth-order valence-corrected chi connectivity index (χ4v) is 4.73. The molecule has 0 spiro atoms. The zero-order valence-corrected chi connectivity index (χ0v) is 19.4. The molecule has 184 valence electrons. The molecule has 0 bridgehead atoms. The first-order valence-corrected chi connectivity index (χ1v) is 11.8. The van der Waals surface area contributed by atoms with Crippen molar-refractivity contribution in [2.45, 2.75) is 63.6 Å². The summed E-state index contributed by atoms with van der Waals surface area (Å²) in [5.74, 6) is -1.37. The number of nitrogen functional groups attached to an aromatic ring is 1. The van der Waals surface area contributed by atoms with Gasteiger partial charge in [-0.2, -0.15) is 0 Å². The molecule has 2 heterocycles. The van der Waals surface area contributed by atoms with Gasteiger partial charge in [0.2, 0.25) is 11.8 Å². The monoisotopic (exact) mass is 470 g/mol. The number of likely N-dealkylation sites (tertiary alicyclic amines) is 1. The molecule has 0 unspecified atom stereocenters. The Labute approximate surface area is 199 Å². The maximum Gasteiger partial charge on any atom is 0.317 e. The number of pyridine rings is 1. The molecule has 1 saturated heterocycles. The van der Waals surface area contributed by atoms with Crippen LogP contribution in [0.15, 0.2) is 30.5 Å². The van der Waals surface area contributed by atoms with Crippen molar-refractivity contribution < 1.29 is 19.5 Å². The van der Waals surface area contributed by atoms with Gasteiger partial charge in [-0.15, -0.1) is 0 Å². The smallest absolute Gasteiger partial charge is 0.317 e. The SMILES string of the molecule is C=C1CCN(C(=O)[C@@H](CC2CCCCC2)NCC(=O)O)[C@@H]1C(=O)NCc1ccc(C(=N)N)nc1. The molecule has 2 amide bonds. The van der Waals surface area contributed by atoms with E-state index in [0.29, 0.717) is 36.6 Å². The van der Waals surface area contributed by atoms with Gasteiger partial charge < -0.3 is 21.1 Å². The average Bonchev–Trinajstić information content (AvgIpc) is 3.22. The van der Waals surface area contributed by atoms with Gasteiger partial charge >= 0.3 is 5.97 Å². The van der Waals surface area contributed by atoms with Crippen LogP contribution < -0.4 is 16.4 Å². The highest BCUT2D eigenvalue weighted by Crippen LogP contribution is 2.29. The zero-order chi connectivity index (χ0) is 24.7. The van der Waals surface area contributed by atoms with Gasteiger partial charge in [-0.05, 0) is 36.0 Å². The topological polar surface area (TPSA) is 162 Å². The Kier molecular flexibility index (Phi) is 8.75. The minimum atomic E-state index is -1.02. The van der Waals surface area contributed by atoms with Crippen molar-refractivity contribution in [1.82, 2.24) is 20.5 Å². The molecule has 0 aromatic carbocycles. The summed E-state index contributed by atoms with van der Waals surface area (Å²) in [5, 5.41) is 22.3. The Morgan fingerprint density at radius 2 is 2.00 bits per heavy atom. The minimum absolute atomic E-state index is 0.133. The summed E-state index contributed by atoms with van der Waals surface area (Å²) in [6, 6.07) is 1.89. The number of amidine groups is 1. The molecule has 10 nitrogen and oxygen atoms in total. The van der Waals surface area contributed by atoms with Crippen LogP contribution in [0, 0.1) is 11.3 Å². The predicted octanol–water partition coefficient (Wildman–Crippen LogP) is 1.15. The van der Waals surface area contributed by atoms with E-state index in [0.717, 1.165) is 31.2 Å². The van der Waals surface area contributed by atoms with Gasteiger partial charge in [0.15, 0.2) is 0 Å².